The molecule has 1 amide bonds. The van der Waals surface area contributed by atoms with Gasteiger partial charge in [-0.25, -0.2) is 0 Å². The number of benzene rings is 2. The van der Waals surface area contributed by atoms with E-state index in [0.717, 1.165) is 22.7 Å². The Bertz CT molecular complexity index is 627. The Hall–Kier alpha value is -2.20. The van der Waals surface area contributed by atoms with Gasteiger partial charge in [0.15, 0.2) is 0 Å². The van der Waals surface area contributed by atoms with Crippen molar-refractivity contribution in [3.63, 3.8) is 0 Å². The molecule has 0 fully saturated rings. The van der Waals surface area contributed by atoms with E-state index < -0.39 is 0 Å². The van der Waals surface area contributed by atoms with E-state index in [9.17, 15) is 4.79 Å². The number of hydrogen-bond donors (Lipinski definition) is 2. The Kier molecular flexibility index (Phi) is 5.06. The third-order valence-corrected chi connectivity index (χ3v) is 3.24. The summed E-state index contributed by atoms with van der Waals surface area (Å²) in [5, 5.41) is 6.58. The number of methoxy groups -OCH3 is 1. The second-order valence-corrected chi connectivity index (χ2v) is 5.03. The maximum atomic E-state index is 11.9. The summed E-state index contributed by atoms with van der Waals surface area (Å²) in [6.45, 7) is 2.13. The molecule has 0 aromatic heterocycles. The van der Waals surface area contributed by atoms with Gasteiger partial charge in [-0.3, -0.25) is 4.79 Å². The second-order valence-electron chi connectivity index (χ2n) is 4.59. The second kappa shape index (κ2) is 6.99. The van der Waals surface area contributed by atoms with Gasteiger partial charge < -0.3 is 15.4 Å². The van der Waals surface area contributed by atoms with Crippen molar-refractivity contribution in [1.82, 2.24) is 0 Å². The van der Waals surface area contributed by atoms with E-state index in [0.29, 0.717) is 5.02 Å². The molecule has 2 N–H and O–H groups in total. The van der Waals surface area contributed by atoms with E-state index in [-0.39, 0.29) is 12.5 Å². The summed E-state index contributed by atoms with van der Waals surface area (Å²) < 4.78 is 5.07. The van der Waals surface area contributed by atoms with Crippen LogP contribution in [0, 0.1) is 6.92 Å². The van der Waals surface area contributed by atoms with E-state index in [2.05, 4.69) is 10.6 Å². The Morgan fingerprint density at radius 1 is 1.19 bits per heavy atom. The molecule has 0 bridgehead atoms. The highest BCUT2D eigenvalue weighted by Gasteiger charge is 2.04. The molecule has 0 atom stereocenters. The number of ether oxygens (including phenoxy) is 1. The topological polar surface area (TPSA) is 50.4 Å². The van der Waals surface area contributed by atoms with Gasteiger partial charge in [-0.15, -0.1) is 0 Å². The highest BCUT2D eigenvalue weighted by molar-refractivity contribution is 6.30. The van der Waals surface area contributed by atoms with Crippen LogP contribution < -0.4 is 15.4 Å². The Morgan fingerprint density at radius 2 is 1.90 bits per heavy atom. The van der Waals surface area contributed by atoms with Crippen LogP contribution in [0.1, 0.15) is 5.56 Å². The van der Waals surface area contributed by atoms with E-state index in [4.69, 9.17) is 16.3 Å². The maximum absolute atomic E-state index is 11.9. The van der Waals surface area contributed by atoms with Gasteiger partial charge in [0.25, 0.3) is 0 Å². The largest absolute Gasteiger partial charge is 0.497 e. The minimum atomic E-state index is -0.116. The van der Waals surface area contributed by atoms with Crippen molar-refractivity contribution in [2.24, 2.45) is 0 Å². The monoisotopic (exact) mass is 304 g/mol. The molecule has 0 heterocycles. The fraction of sp³-hybridized carbons (Fsp3) is 0.188. The lowest BCUT2D eigenvalue weighted by molar-refractivity contribution is -0.114. The van der Waals surface area contributed by atoms with Crippen molar-refractivity contribution in [2.45, 2.75) is 6.92 Å². The van der Waals surface area contributed by atoms with Gasteiger partial charge in [0.2, 0.25) is 5.91 Å². The van der Waals surface area contributed by atoms with Gasteiger partial charge >= 0.3 is 0 Å². The number of anilines is 2. The lowest BCUT2D eigenvalue weighted by Crippen LogP contribution is -2.22. The molecule has 2 aromatic carbocycles. The Balaban J connectivity index is 1.89. The molecule has 0 aliphatic carbocycles. The van der Waals surface area contributed by atoms with Crippen LogP contribution in [0.15, 0.2) is 42.5 Å². The lowest BCUT2D eigenvalue weighted by atomic mass is 10.2. The SMILES string of the molecule is COc1ccc(NC(=O)CNc2ccc(Cl)cc2C)cc1. The smallest absolute Gasteiger partial charge is 0.243 e. The third kappa shape index (κ3) is 4.39. The van der Waals surface area contributed by atoms with E-state index in [1.165, 1.54) is 0 Å². The Labute approximate surface area is 129 Å². The van der Waals surface area contributed by atoms with Gasteiger partial charge in [-0.2, -0.15) is 0 Å². The molecule has 0 unspecified atom stereocenters. The number of hydrogen-bond acceptors (Lipinski definition) is 3. The van der Waals surface area contributed by atoms with Crippen molar-refractivity contribution >= 4 is 28.9 Å². The standard InChI is InChI=1S/C16H17ClN2O2/c1-11-9-12(17)3-8-15(11)18-10-16(20)19-13-4-6-14(21-2)7-5-13/h3-9,18H,10H2,1-2H3,(H,19,20). The molecular formula is C16H17ClN2O2. The van der Waals surface area contributed by atoms with Gasteiger partial charge in [0.1, 0.15) is 5.75 Å². The Morgan fingerprint density at radius 3 is 2.52 bits per heavy atom. The minimum Gasteiger partial charge on any atom is -0.497 e. The molecule has 21 heavy (non-hydrogen) atoms. The summed E-state index contributed by atoms with van der Waals surface area (Å²) >= 11 is 5.89. The fourth-order valence-electron chi connectivity index (χ4n) is 1.88. The number of nitrogens with one attached hydrogen (secondary N) is 2. The molecule has 110 valence electrons. The molecule has 2 rings (SSSR count). The number of carbonyl (C=O) groups is 1. The van der Waals surface area contributed by atoms with Gasteiger partial charge in [-0.05, 0) is 55.0 Å². The summed E-state index contributed by atoms with van der Waals surface area (Å²) in [4.78, 5) is 11.9. The normalized spacial score (nSPS) is 10.0. The van der Waals surface area contributed by atoms with Crippen molar-refractivity contribution in [3.05, 3.63) is 53.1 Å². The zero-order valence-electron chi connectivity index (χ0n) is 11.9. The molecule has 0 radical (unpaired) electrons. The van der Waals surface area contributed by atoms with Crippen LogP contribution in [0.5, 0.6) is 5.75 Å². The summed E-state index contributed by atoms with van der Waals surface area (Å²) in [5.41, 5.74) is 2.62. The van der Waals surface area contributed by atoms with E-state index >= 15 is 0 Å². The van der Waals surface area contributed by atoms with E-state index in [1.54, 1.807) is 37.4 Å². The fourth-order valence-corrected chi connectivity index (χ4v) is 2.11. The number of rotatable bonds is 5. The van der Waals surface area contributed by atoms with Crippen molar-refractivity contribution in [1.29, 1.82) is 0 Å². The van der Waals surface area contributed by atoms with Crippen LogP contribution in [-0.4, -0.2) is 19.6 Å². The number of aryl methyl sites for hydroxylation is 1. The minimum absolute atomic E-state index is 0.116. The first-order valence-corrected chi connectivity index (χ1v) is 6.90. The molecule has 2 aromatic rings. The van der Waals surface area contributed by atoms with Crippen molar-refractivity contribution in [3.8, 4) is 5.75 Å². The van der Waals surface area contributed by atoms with Gasteiger partial charge in [0.05, 0.1) is 13.7 Å². The zero-order valence-corrected chi connectivity index (χ0v) is 12.7. The number of halogens is 1. The summed E-state index contributed by atoms with van der Waals surface area (Å²) in [5.74, 6) is 0.637. The highest BCUT2D eigenvalue weighted by Crippen LogP contribution is 2.19. The first kappa shape index (κ1) is 15.2. The van der Waals surface area contributed by atoms with Crippen LogP contribution in [0.25, 0.3) is 0 Å². The molecule has 0 saturated heterocycles. The van der Waals surface area contributed by atoms with Crippen LogP contribution in [0.2, 0.25) is 5.02 Å². The average molecular weight is 305 g/mol. The predicted molar refractivity (Wildman–Crippen MR) is 86.3 cm³/mol. The predicted octanol–water partition coefficient (Wildman–Crippen LogP) is 3.71. The zero-order chi connectivity index (χ0) is 15.2. The molecule has 5 heteroatoms. The first-order chi connectivity index (χ1) is 10.1. The summed E-state index contributed by atoms with van der Waals surface area (Å²) in [6.07, 6.45) is 0. The highest BCUT2D eigenvalue weighted by atomic mass is 35.5. The van der Waals surface area contributed by atoms with Crippen molar-refractivity contribution in [2.75, 3.05) is 24.3 Å². The van der Waals surface area contributed by atoms with Crippen LogP contribution >= 0.6 is 11.6 Å². The molecule has 0 aliphatic rings. The quantitative estimate of drug-likeness (QED) is 0.885. The molecule has 4 nitrogen and oxygen atoms in total. The van der Waals surface area contributed by atoms with Crippen LogP contribution in [0.4, 0.5) is 11.4 Å². The van der Waals surface area contributed by atoms with E-state index in [1.807, 2.05) is 19.1 Å². The van der Waals surface area contributed by atoms with Crippen LogP contribution in [-0.2, 0) is 4.79 Å². The van der Waals surface area contributed by atoms with Gasteiger partial charge in [0, 0.05) is 16.4 Å². The number of amides is 1. The molecule has 0 aliphatic heterocycles. The summed E-state index contributed by atoms with van der Waals surface area (Å²) in [6, 6.07) is 12.7. The van der Waals surface area contributed by atoms with Gasteiger partial charge in [-0.1, -0.05) is 11.6 Å². The molecular weight excluding hydrogens is 288 g/mol. The lowest BCUT2D eigenvalue weighted by Gasteiger charge is -2.10. The average Bonchev–Trinajstić information content (AvgIpc) is 2.47. The molecule has 0 spiro atoms. The number of carbonyl (C=O) groups excluding carboxylic acids is 1. The van der Waals surface area contributed by atoms with Crippen molar-refractivity contribution < 1.29 is 9.53 Å². The third-order valence-electron chi connectivity index (χ3n) is 3.00. The van der Waals surface area contributed by atoms with Crippen LogP contribution in [0.3, 0.4) is 0 Å². The first-order valence-electron chi connectivity index (χ1n) is 6.52. The summed E-state index contributed by atoms with van der Waals surface area (Å²) in [7, 11) is 1.60. The molecule has 0 saturated carbocycles. The maximum Gasteiger partial charge on any atom is 0.243 e.